The number of carboxylic acid groups (broad SMARTS) is 1. The maximum atomic E-state index is 13.6. The first-order chi connectivity index (χ1) is 21.3. The van der Waals surface area contributed by atoms with Gasteiger partial charge in [-0.3, -0.25) is 4.79 Å². The van der Waals surface area contributed by atoms with Crippen LogP contribution in [0.2, 0.25) is 5.02 Å². The Hall–Kier alpha value is -5.61. The zero-order valence-corrected chi connectivity index (χ0v) is 24.2. The van der Waals surface area contributed by atoms with Crippen LogP contribution in [-0.2, 0) is 6.61 Å². The number of carbonyl (C=O) groups is 1. The Bertz CT molecular complexity index is 2090. The number of para-hydroxylation sites is 1. The lowest BCUT2D eigenvalue weighted by atomic mass is 10.1. The standard InChI is InChI=1S/C33H24ClN3O7/c1-41-27-13-20(14-28(42-2)30(27)43-18-19-7-9-21(10-8-19)33(39)40)17-35-37-31(36-25-6-4-3-5-24(25)32(37)38)29-16-22-15-23(34)11-12-26(22)44-29/h3-17H,18H2,1-2H3,(H,39,40). The molecule has 0 radical (unpaired) electrons. The van der Waals surface area contributed by atoms with Gasteiger partial charge >= 0.3 is 5.97 Å². The summed E-state index contributed by atoms with van der Waals surface area (Å²) in [6.45, 7) is 0.143. The Morgan fingerprint density at radius 2 is 1.73 bits per heavy atom. The quantitative estimate of drug-likeness (QED) is 0.181. The molecular formula is C33H24ClN3O7. The van der Waals surface area contributed by atoms with Gasteiger partial charge in [0.25, 0.3) is 5.56 Å². The van der Waals surface area contributed by atoms with E-state index in [1.54, 1.807) is 72.8 Å². The van der Waals surface area contributed by atoms with E-state index in [9.17, 15) is 9.59 Å². The van der Waals surface area contributed by atoms with Crippen LogP contribution in [0.1, 0.15) is 21.5 Å². The van der Waals surface area contributed by atoms with E-state index in [0.29, 0.717) is 50.1 Å². The fourth-order valence-electron chi connectivity index (χ4n) is 4.66. The third-order valence-corrected chi connectivity index (χ3v) is 7.08. The summed E-state index contributed by atoms with van der Waals surface area (Å²) in [5, 5.41) is 15.4. The molecule has 6 aromatic rings. The summed E-state index contributed by atoms with van der Waals surface area (Å²) in [5.41, 5.74) is 2.20. The molecule has 0 spiro atoms. The number of nitrogens with zero attached hydrogens (tertiary/aromatic N) is 3. The highest BCUT2D eigenvalue weighted by Crippen LogP contribution is 2.39. The molecule has 0 saturated heterocycles. The van der Waals surface area contributed by atoms with Crippen LogP contribution >= 0.6 is 11.6 Å². The third kappa shape index (κ3) is 5.58. The Morgan fingerprint density at radius 3 is 2.43 bits per heavy atom. The average Bonchev–Trinajstić information content (AvgIpc) is 3.46. The molecule has 10 nitrogen and oxygen atoms in total. The molecule has 2 aromatic heterocycles. The van der Waals surface area contributed by atoms with Crippen LogP contribution < -0.4 is 19.8 Å². The highest BCUT2D eigenvalue weighted by molar-refractivity contribution is 6.31. The fourth-order valence-corrected chi connectivity index (χ4v) is 4.84. The number of aromatic carboxylic acids is 1. The van der Waals surface area contributed by atoms with Gasteiger partial charge in [-0.1, -0.05) is 35.9 Å². The highest BCUT2D eigenvalue weighted by atomic mass is 35.5. The lowest BCUT2D eigenvalue weighted by molar-refractivity contribution is 0.0697. The number of furan rings is 1. The SMILES string of the molecule is COc1cc(C=Nn2c(-c3cc4cc(Cl)ccc4o3)nc3ccccc3c2=O)cc(OC)c1OCc1ccc(C(=O)O)cc1. The van der Waals surface area contributed by atoms with Crippen LogP contribution in [0.3, 0.4) is 0 Å². The molecule has 0 aliphatic carbocycles. The molecule has 220 valence electrons. The Labute approximate surface area is 255 Å². The summed E-state index contributed by atoms with van der Waals surface area (Å²) >= 11 is 6.17. The van der Waals surface area contributed by atoms with Gasteiger partial charge in [0.2, 0.25) is 11.6 Å². The van der Waals surface area contributed by atoms with Crippen molar-refractivity contribution in [2.75, 3.05) is 14.2 Å². The molecule has 4 aromatic carbocycles. The summed E-state index contributed by atoms with van der Waals surface area (Å²) < 4.78 is 24.4. The fraction of sp³-hybridized carbons (Fsp3) is 0.0909. The van der Waals surface area contributed by atoms with Crippen molar-refractivity contribution in [3.05, 3.63) is 117 Å². The van der Waals surface area contributed by atoms with Crippen LogP contribution in [0, 0.1) is 0 Å². The predicted molar refractivity (Wildman–Crippen MR) is 166 cm³/mol. The predicted octanol–water partition coefficient (Wildman–Crippen LogP) is 6.64. The van der Waals surface area contributed by atoms with Crippen molar-refractivity contribution in [1.82, 2.24) is 9.66 Å². The van der Waals surface area contributed by atoms with Crippen LogP contribution in [0.4, 0.5) is 0 Å². The number of halogens is 1. The van der Waals surface area contributed by atoms with Crippen molar-refractivity contribution in [3.63, 3.8) is 0 Å². The number of carboxylic acids is 1. The van der Waals surface area contributed by atoms with Gasteiger partial charge in [-0.2, -0.15) is 9.78 Å². The van der Waals surface area contributed by atoms with Crippen molar-refractivity contribution < 1.29 is 28.5 Å². The zero-order chi connectivity index (χ0) is 30.8. The number of aromatic nitrogens is 2. The van der Waals surface area contributed by atoms with Gasteiger partial charge in [0.05, 0.1) is 36.9 Å². The summed E-state index contributed by atoms with van der Waals surface area (Å²) in [5.74, 6) is 0.635. The number of ether oxygens (including phenoxy) is 3. The first-order valence-electron chi connectivity index (χ1n) is 13.3. The van der Waals surface area contributed by atoms with Gasteiger partial charge in [0.1, 0.15) is 12.2 Å². The molecule has 0 fully saturated rings. The maximum Gasteiger partial charge on any atom is 0.335 e. The molecule has 44 heavy (non-hydrogen) atoms. The lowest BCUT2D eigenvalue weighted by Gasteiger charge is -2.15. The number of benzene rings is 4. The molecule has 6 rings (SSSR count). The van der Waals surface area contributed by atoms with Crippen LogP contribution in [0.15, 0.2) is 99.2 Å². The molecule has 0 aliphatic rings. The van der Waals surface area contributed by atoms with E-state index in [1.807, 2.05) is 0 Å². The third-order valence-electron chi connectivity index (χ3n) is 6.84. The molecule has 0 bridgehead atoms. The van der Waals surface area contributed by atoms with Gasteiger partial charge in [0, 0.05) is 16.0 Å². The second-order valence-corrected chi connectivity index (χ2v) is 10.1. The summed E-state index contributed by atoms with van der Waals surface area (Å²) in [7, 11) is 2.99. The summed E-state index contributed by atoms with van der Waals surface area (Å²) in [6.07, 6.45) is 1.49. The molecule has 0 aliphatic heterocycles. The monoisotopic (exact) mass is 609 g/mol. The van der Waals surface area contributed by atoms with Crippen molar-refractivity contribution in [1.29, 1.82) is 0 Å². The highest BCUT2D eigenvalue weighted by Gasteiger charge is 2.18. The van der Waals surface area contributed by atoms with Gasteiger partial charge in [0.15, 0.2) is 17.3 Å². The van der Waals surface area contributed by atoms with E-state index in [1.165, 1.54) is 37.2 Å². The van der Waals surface area contributed by atoms with Crippen molar-refractivity contribution in [3.8, 4) is 28.8 Å². The topological polar surface area (TPSA) is 125 Å². The minimum Gasteiger partial charge on any atom is -0.493 e. The van der Waals surface area contributed by atoms with Crippen molar-refractivity contribution in [2.45, 2.75) is 6.61 Å². The van der Waals surface area contributed by atoms with E-state index < -0.39 is 5.97 Å². The molecule has 0 amide bonds. The summed E-state index contributed by atoms with van der Waals surface area (Å²) in [6, 6.07) is 23.8. The Balaban J connectivity index is 1.38. The normalized spacial score (nSPS) is 11.3. The molecule has 2 heterocycles. The van der Waals surface area contributed by atoms with Gasteiger partial charge in [-0.05, 0) is 66.2 Å². The number of rotatable bonds is 9. The van der Waals surface area contributed by atoms with Crippen LogP contribution in [-0.4, -0.2) is 41.2 Å². The molecule has 0 atom stereocenters. The van der Waals surface area contributed by atoms with E-state index in [2.05, 4.69) is 5.10 Å². The maximum absolute atomic E-state index is 13.6. The van der Waals surface area contributed by atoms with E-state index in [-0.39, 0.29) is 23.6 Å². The molecule has 11 heteroatoms. The minimum absolute atomic E-state index is 0.143. The first kappa shape index (κ1) is 28.5. The zero-order valence-electron chi connectivity index (χ0n) is 23.5. The number of methoxy groups -OCH3 is 2. The number of hydrogen-bond acceptors (Lipinski definition) is 8. The Kier molecular flexibility index (Phi) is 7.74. The van der Waals surface area contributed by atoms with E-state index in [4.69, 9.17) is 40.3 Å². The number of hydrogen-bond donors (Lipinski definition) is 1. The summed E-state index contributed by atoms with van der Waals surface area (Å²) in [4.78, 5) is 29.5. The van der Waals surface area contributed by atoms with Gasteiger partial charge in [-0.15, -0.1) is 0 Å². The smallest absolute Gasteiger partial charge is 0.335 e. The minimum atomic E-state index is -1.01. The van der Waals surface area contributed by atoms with Gasteiger partial charge in [-0.25, -0.2) is 9.78 Å². The largest absolute Gasteiger partial charge is 0.493 e. The van der Waals surface area contributed by atoms with Gasteiger partial charge < -0.3 is 23.7 Å². The van der Waals surface area contributed by atoms with Crippen molar-refractivity contribution in [2.24, 2.45) is 5.10 Å². The molecule has 1 N–H and O–H groups in total. The second-order valence-electron chi connectivity index (χ2n) is 9.65. The van der Waals surface area contributed by atoms with Crippen LogP contribution in [0.25, 0.3) is 33.5 Å². The number of fused-ring (bicyclic) bond motifs is 2. The van der Waals surface area contributed by atoms with Crippen LogP contribution in [0.5, 0.6) is 17.2 Å². The van der Waals surface area contributed by atoms with E-state index >= 15 is 0 Å². The van der Waals surface area contributed by atoms with Crippen molar-refractivity contribution >= 4 is 45.7 Å². The molecule has 0 unspecified atom stereocenters. The molecule has 0 saturated carbocycles. The molecular weight excluding hydrogens is 586 g/mol. The lowest BCUT2D eigenvalue weighted by Crippen LogP contribution is -2.20. The second kappa shape index (κ2) is 11.9. The average molecular weight is 610 g/mol. The first-order valence-corrected chi connectivity index (χ1v) is 13.7. The van der Waals surface area contributed by atoms with E-state index in [0.717, 1.165) is 10.9 Å². The Morgan fingerprint density at radius 1 is 1.00 bits per heavy atom.